The van der Waals surface area contributed by atoms with Gasteiger partial charge in [-0.05, 0) is 24.3 Å². The van der Waals surface area contributed by atoms with Gasteiger partial charge in [-0.25, -0.2) is 23.4 Å². The van der Waals surface area contributed by atoms with Crippen molar-refractivity contribution >= 4 is 70.4 Å². The Kier molecular flexibility index (Phi) is 8.77. The van der Waals surface area contributed by atoms with Gasteiger partial charge in [0, 0.05) is 12.2 Å². The molecule has 0 aromatic heterocycles. The molecule has 260 valence electrons. The van der Waals surface area contributed by atoms with Crippen molar-refractivity contribution in [2.45, 2.75) is 33.4 Å². The minimum Gasteiger partial charge on any atom is -0.445 e. The van der Waals surface area contributed by atoms with Crippen LogP contribution in [0.25, 0.3) is 0 Å². The number of anilines is 1. The summed E-state index contributed by atoms with van der Waals surface area (Å²) in [6.07, 6.45) is -1.19. The highest BCUT2D eigenvalue weighted by Crippen LogP contribution is 2.45. The van der Waals surface area contributed by atoms with E-state index in [-0.39, 0.29) is 18.3 Å². The fourth-order valence-electron chi connectivity index (χ4n) is 6.34. The van der Waals surface area contributed by atoms with Crippen molar-refractivity contribution < 1.29 is 42.9 Å². The molecule has 4 aliphatic heterocycles. The van der Waals surface area contributed by atoms with Gasteiger partial charge in [0.25, 0.3) is 11.8 Å². The van der Waals surface area contributed by atoms with Crippen molar-refractivity contribution in [2.75, 3.05) is 31.1 Å². The van der Waals surface area contributed by atoms with E-state index in [9.17, 15) is 38.2 Å². The van der Waals surface area contributed by atoms with E-state index in [2.05, 4.69) is 32.8 Å². The third-order valence-electron chi connectivity index (χ3n) is 8.46. The summed E-state index contributed by atoms with van der Waals surface area (Å²) < 4.78 is 31.4. The van der Waals surface area contributed by atoms with Crippen LogP contribution >= 0.6 is 34.8 Å². The van der Waals surface area contributed by atoms with Gasteiger partial charge in [0.15, 0.2) is 17.3 Å². The first-order chi connectivity index (χ1) is 23.0. The van der Waals surface area contributed by atoms with Crippen LogP contribution in [0.5, 0.6) is 0 Å². The molecule has 0 bridgehead atoms. The van der Waals surface area contributed by atoms with Crippen LogP contribution in [-0.4, -0.2) is 110 Å². The number of para-hydroxylation sites is 1. The normalized spacial score (nSPS) is 25.7. The number of aliphatic hydroxyl groups is 2. The molecule has 4 aliphatic rings. The highest BCUT2D eigenvalue weighted by molar-refractivity contribution is 6.67. The Labute approximate surface area is 291 Å². The predicted octanol–water partition coefficient (Wildman–Crippen LogP) is 1.09. The van der Waals surface area contributed by atoms with Gasteiger partial charge in [0.2, 0.25) is 15.5 Å². The molecule has 6 N–H and O–H groups in total. The molecular formula is C29H27Cl3F2N8O7. The lowest BCUT2D eigenvalue weighted by molar-refractivity contribution is -0.231. The number of urea groups is 1. The van der Waals surface area contributed by atoms with Crippen molar-refractivity contribution in [3.63, 3.8) is 0 Å². The maximum atomic E-state index is 14.5. The van der Waals surface area contributed by atoms with Gasteiger partial charge in [0.05, 0.1) is 30.0 Å². The Morgan fingerprint density at radius 1 is 1.12 bits per heavy atom. The van der Waals surface area contributed by atoms with Crippen molar-refractivity contribution in [3.8, 4) is 0 Å². The lowest BCUT2D eigenvalue weighted by atomic mass is 9.85. The van der Waals surface area contributed by atoms with E-state index in [1.54, 1.807) is 30.3 Å². The van der Waals surface area contributed by atoms with Crippen LogP contribution in [-0.2, 0) is 9.53 Å². The standard InChI is InChI=1S/C29H27Cl3F2N8O7/c1-14-35-22-18(10-41-20(43)12-40(26(41)46)15-6-3-2-4-7-15)36-24(38-25(45)49-13-27(30,31)32)42-11-19(29(47,48)28(22,42)39-14)37-23(44)16-8-5-9-17(33)21(16)34/h2-9,18-19,22,35,39,47-48H,1,10-13H2,(H,37,44)(H,36,38,45)/t18-,19?,22?,28?/m0/s1. The molecule has 1 spiro atoms. The number of guanidine groups is 1. The molecule has 4 atom stereocenters. The highest BCUT2D eigenvalue weighted by atomic mass is 35.6. The number of aliphatic imine (C=N–C) groups is 1. The van der Waals surface area contributed by atoms with Gasteiger partial charge >= 0.3 is 12.1 Å². The number of nitrogens with zero attached hydrogens (tertiary/aromatic N) is 4. The van der Waals surface area contributed by atoms with E-state index in [0.717, 1.165) is 23.1 Å². The molecule has 49 heavy (non-hydrogen) atoms. The fraction of sp³-hybridized carbons (Fsp3) is 0.345. The topological polar surface area (TPSA) is 188 Å². The zero-order valence-corrected chi connectivity index (χ0v) is 27.3. The summed E-state index contributed by atoms with van der Waals surface area (Å²) in [6.45, 7) is 1.91. The second kappa shape index (κ2) is 12.5. The summed E-state index contributed by atoms with van der Waals surface area (Å²) in [5.41, 5.74) is -2.39. The lowest BCUT2D eigenvalue weighted by Gasteiger charge is -2.49. The van der Waals surface area contributed by atoms with Gasteiger partial charge < -0.3 is 35.8 Å². The molecule has 5 amide bonds. The number of imide groups is 1. The Bertz CT molecular complexity index is 1760. The molecule has 15 nitrogen and oxygen atoms in total. The quantitative estimate of drug-likeness (QED) is 0.142. The van der Waals surface area contributed by atoms with Gasteiger partial charge in [-0.1, -0.05) is 65.6 Å². The van der Waals surface area contributed by atoms with Crippen molar-refractivity contribution in [1.82, 2.24) is 31.1 Å². The molecule has 2 aromatic carbocycles. The second-order valence-electron chi connectivity index (χ2n) is 11.5. The number of amides is 5. The van der Waals surface area contributed by atoms with E-state index in [0.29, 0.717) is 5.69 Å². The van der Waals surface area contributed by atoms with E-state index in [1.165, 1.54) is 9.80 Å². The Morgan fingerprint density at radius 3 is 2.53 bits per heavy atom. The van der Waals surface area contributed by atoms with Crippen molar-refractivity contribution in [3.05, 3.63) is 78.1 Å². The molecule has 4 heterocycles. The van der Waals surface area contributed by atoms with Crippen LogP contribution in [0.2, 0.25) is 0 Å². The van der Waals surface area contributed by atoms with Crippen molar-refractivity contribution in [2.24, 2.45) is 4.99 Å². The van der Waals surface area contributed by atoms with Crippen molar-refractivity contribution in [1.29, 1.82) is 0 Å². The summed E-state index contributed by atoms with van der Waals surface area (Å²) in [4.78, 5) is 60.5. The number of alkyl carbamates (subject to hydrolysis) is 1. The van der Waals surface area contributed by atoms with Gasteiger partial charge in [-0.15, -0.1) is 0 Å². The molecule has 0 aliphatic carbocycles. The molecule has 0 radical (unpaired) electrons. The Morgan fingerprint density at radius 2 is 1.84 bits per heavy atom. The first-order valence-corrected chi connectivity index (χ1v) is 15.6. The number of halogens is 5. The van der Waals surface area contributed by atoms with E-state index >= 15 is 0 Å². The second-order valence-corrected chi connectivity index (χ2v) is 14.0. The largest absolute Gasteiger partial charge is 0.445 e. The van der Waals surface area contributed by atoms with Crippen LogP contribution in [0, 0.1) is 11.6 Å². The van der Waals surface area contributed by atoms with Gasteiger partial charge in [-0.3, -0.25) is 24.7 Å². The summed E-state index contributed by atoms with van der Waals surface area (Å²) in [5.74, 6) is -7.88. The third-order valence-corrected chi connectivity index (χ3v) is 8.79. The van der Waals surface area contributed by atoms with Gasteiger partial charge in [0.1, 0.15) is 19.2 Å². The molecular weight excluding hydrogens is 717 g/mol. The number of nitrogens with one attached hydrogen (secondary N) is 4. The first kappa shape index (κ1) is 34.4. The molecule has 0 saturated carbocycles. The number of hydrogen-bond donors (Lipinski definition) is 6. The molecule has 2 aromatic rings. The maximum Gasteiger partial charge on any atom is 0.414 e. The number of rotatable bonds is 6. The molecule has 20 heteroatoms. The molecule has 3 saturated heterocycles. The summed E-state index contributed by atoms with van der Waals surface area (Å²) in [7, 11) is 0. The average molecular weight is 744 g/mol. The van der Waals surface area contributed by atoms with Crippen LogP contribution in [0.15, 0.2) is 65.9 Å². The third kappa shape index (κ3) is 6.05. The number of carbonyl (C=O) groups excluding carboxylic acids is 4. The Hall–Kier alpha value is -4.42. The molecule has 3 fully saturated rings. The monoisotopic (exact) mass is 742 g/mol. The number of ether oxygens (including phenoxy) is 1. The molecule has 3 unspecified atom stereocenters. The van der Waals surface area contributed by atoms with E-state index < -0.39 is 94.2 Å². The Balaban J connectivity index is 1.36. The summed E-state index contributed by atoms with van der Waals surface area (Å²) in [6, 6.07) is 6.54. The van der Waals surface area contributed by atoms with Crippen LogP contribution < -0.4 is 26.2 Å². The predicted molar refractivity (Wildman–Crippen MR) is 170 cm³/mol. The molecule has 6 rings (SSSR count). The smallest absolute Gasteiger partial charge is 0.414 e. The zero-order valence-electron chi connectivity index (χ0n) is 25.0. The van der Waals surface area contributed by atoms with Gasteiger partial charge in [-0.2, -0.15) is 0 Å². The first-order valence-electron chi connectivity index (χ1n) is 14.5. The SMILES string of the molecule is C=C1NC2[C@H](CN3C(=O)CN(c4ccccc4)C3=O)N=C(NC(=O)OCC(Cl)(Cl)Cl)N3CC(NC(=O)c4cccc(F)c4F)C(O)(O)C23N1. The highest BCUT2D eigenvalue weighted by Gasteiger charge is 2.74. The average Bonchev–Trinajstić information content (AvgIpc) is 3.62. The summed E-state index contributed by atoms with van der Waals surface area (Å²) in [5, 5.41) is 34.2. The number of benzene rings is 2. The minimum atomic E-state index is -3.00. The van der Waals surface area contributed by atoms with Crippen LogP contribution in [0.1, 0.15) is 10.4 Å². The zero-order chi connectivity index (χ0) is 35.5. The van der Waals surface area contributed by atoms with Crippen LogP contribution in [0.4, 0.5) is 24.1 Å². The summed E-state index contributed by atoms with van der Waals surface area (Å²) >= 11 is 17.1. The van der Waals surface area contributed by atoms with Crippen LogP contribution in [0.3, 0.4) is 0 Å². The van der Waals surface area contributed by atoms with E-state index in [1.807, 2.05) is 0 Å². The number of alkyl halides is 3. The maximum absolute atomic E-state index is 14.5. The number of hydrogen-bond acceptors (Lipinski definition) is 11. The number of carbonyl (C=O) groups is 4. The fourth-order valence-corrected chi connectivity index (χ4v) is 6.50. The minimum absolute atomic E-state index is 0.0378. The lowest BCUT2D eigenvalue weighted by Crippen LogP contribution is -2.78. The van der Waals surface area contributed by atoms with E-state index in [4.69, 9.17) is 39.5 Å².